The first kappa shape index (κ1) is 33.1. The van der Waals surface area contributed by atoms with Gasteiger partial charge in [0.05, 0.1) is 5.69 Å². The third-order valence-corrected chi connectivity index (χ3v) is 9.16. The molecule has 6 amide bonds. The van der Waals surface area contributed by atoms with E-state index in [1.165, 1.54) is 38.9 Å². The Morgan fingerprint density at radius 3 is 1.80 bits per heavy atom. The molecule has 8 nitrogen and oxygen atoms in total. The third kappa shape index (κ3) is 8.10. The van der Waals surface area contributed by atoms with Gasteiger partial charge in [-0.25, -0.2) is 19.4 Å². The average molecular weight is 655 g/mol. The zero-order valence-electron chi connectivity index (χ0n) is 26.4. The molecule has 1 unspecified atom stereocenters. The van der Waals surface area contributed by atoms with Crippen LogP contribution in [0.4, 0.5) is 36.2 Å². The highest BCUT2D eigenvalue weighted by molar-refractivity contribution is 8.14. The maximum absolute atomic E-state index is 13.2. The predicted octanol–water partition coefficient (Wildman–Crippen LogP) is 9.69. The molecule has 1 atom stereocenters. The second kappa shape index (κ2) is 14.9. The number of benzene rings is 3. The molecule has 1 aliphatic heterocycles. The lowest BCUT2D eigenvalue weighted by Gasteiger charge is -2.41. The van der Waals surface area contributed by atoms with E-state index in [1.807, 2.05) is 93.6 Å². The molecule has 3 aromatic carbocycles. The van der Waals surface area contributed by atoms with Crippen LogP contribution in [0.1, 0.15) is 50.8 Å². The molecular weight excluding hydrogens is 617 g/mol. The van der Waals surface area contributed by atoms with Crippen molar-refractivity contribution in [3.05, 3.63) is 113 Å². The summed E-state index contributed by atoms with van der Waals surface area (Å²) < 4.78 is 0. The number of nitrogens with zero attached hydrogens (tertiary/aromatic N) is 2. The monoisotopic (exact) mass is 654 g/mol. The minimum Gasteiger partial charge on any atom is -0.317 e. The van der Waals surface area contributed by atoms with Gasteiger partial charge >= 0.3 is 12.1 Å². The average Bonchev–Trinajstić information content (AvgIpc) is 3.01. The van der Waals surface area contributed by atoms with E-state index in [1.54, 1.807) is 12.1 Å². The van der Waals surface area contributed by atoms with Gasteiger partial charge in [-0.2, -0.15) is 0 Å². The highest BCUT2D eigenvalue weighted by atomic mass is 32.2. The number of carbonyl (C=O) groups is 4. The normalized spacial score (nSPS) is 16.2. The molecule has 0 aromatic heterocycles. The number of nitrogens with one attached hydrogen (secondary N) is 2. The minimum absolute atomic E-state index is 0.0647. The summed E-state index contributed by atoms with van der Waals surface area (Å²) in [4.78, 5) is 52.6. The van der Waals surface area contributed by atoms with Gasteiger partial charge in [0.15, 0.2) is 0 Å². The predicted molar refractivity (Wildman–Crippen MR) is 190 cm³/mol. The molecule has 1 saturated heterocycles. The first-order valence-electron chi connectivity index (χ1n) is 15.4. The van der Waals surface area contributed by atoms with E-state index in [-0.39, 0.29) is 33.7 Å². The Morgan fingerprint density at radius 2 is 1.28 bits per heavy atom. The summed E-state index contributed by atoms with van der Waals surface area (Å²) in [5, 5.41) is 5.85. The van der Waals surface area contributed by atoms with Crippen LogP contribution in [0.5, 0.6) is 0 Å². The lowest BCUT2D eigenvalue weighted by Crippen LogP contribution is -2.63. The van der Waals surface area contributed by atoms with Crippen LogP contribution < -0.4 is 15.5 Å². The van der Waals surface area contributed by atoms with Crippen LogP contribution in [0.15, 0.2) is 96.2 Å². The lowest BCUT2D eigenvalue weighted by atomic mass is 9.86. The topological polar surface area (TPSA) is 98.8 Å². The molecule has 0 bridgehead atoms. The van der Waals surface area contributed by atoms with Crippen LogP contribution in [-0.2, 0) is 12.8 Å². The van der Waals surface area contributed by atoms with Crippen molar-refractivity contribution in [2.45, 2.75) is 52.2 Å². The summed E-state index contributed by atoms with van der Waals surface area (Å²) in [7, 11) is 0. The molecular formula is C36H38N4O4S2. The van der Waals surface area contributed by atoms with E-state index >= 15 is 0 Å². The maximum atomic E-state index is 13.2. The number of hydrogen-bond donors (Lipinski definition) is 2. The van der Waals surface area contributed by atoms with Crippen molar-refractivity contribution in [1.29, 1.82) is 0 Å². The summed E-state index contributed by atoms with van der Waals surface area (Å²) in [6.45, 7) is 8.01. The molecule has 2 aliphatic rings. The van der Waals surface area contributed by atoms with Gasteiger partial charge in [0, 0.05) is 22.3 Å². The Morgan fingerprint density at radius 1 is 0.761 bits per heavy atom. The molecule has 2 N–H and O–H groups in total. The molecule has 1 aliphatic carbocycles. The van der Waals surface area contributed by atoms with Crippen molar-refractivity contribution >= 4 is 63.1 Å². The Labute approximate surface area is 278 Å². The zero-order chi connectivity index (χ0) is 32.8. The number of rotatable bonds is 10. The molecule has 1 heterocycles. The van der Waals surface area contributed by atoms with Gasteiger partial charge in [0.1, 0.15) is 0 Å². The second-order valence-corrected chi connectivity index (χ2v) is 14.4. The summed E-state index contributed by atoms with van der Waals surface area (Å²) >= 11 is 2.50. The van der Waals surface area contributed by atoms with E-state index in [2.05, 4.69) is 17.6 Å². The number of carbonyl (C=O) groups excluding carboxylic acids is 4. The number of allylic oxidation sites excluding steroid dienone is 4. The van der Waals surface area contributed by atoms with Crippen molar-refractivity contribution in [3.8, 4) is 0 Å². The van der Waals surface area contributed by atoms with Gasteiger partial charge in [-0.15, -0.1) is 0 Å². The molecule has 0 radical (unpaired) electrons. The Kier molecular flexibility index (Phi) is 10.7. The van der Waals surface area contributed by atoms with Crippen molar-refractivity contribution in [1.82, 2.24) is 4.90 Å². The summed E-state index contributed by atoms with van der Waals surface area (Å²) in [6.07, 6.45) is 5.92. The minimum atomic E-state index is -0.347. The number of thioether (sulfide) groups is 2. The molecule has 1 fully saturated rings. The molecule has 0 saturated carbocycles. The highest BCUT2D eigenvalue weighted by Crippen LogP contribution is 2.35. The van der Waals surface area contributed by atoms with Crippen molar-refractivity contribution in [2.75, 3.05) is 21.3 Å². The number of hydrogen-bond acceptors (Lipinski definition) is 6. The first-order chi connectivity index (χ1) is 22.1. The van der Waals surface area contributed by atoms with Gasteiger partial charge in [-0.05, 0) is 90.1 Å². The molecule has 10 heteroatoms. The molecule has 238 valence electrons. The quantitative estimate of drug-likeness (QED) is 0.226. The first-order valence-corrected chi connectivity index (χ1v) is 17.2. The smallest absolute Gasteiger partial charge is 0.317 e. The standard InChI is InChI=1S/C36H38N4O4S2/c1-5-45-33(41)37-29-15-8-27(9-16-29)22-28-12-19-32(20-24(28)4)40-35(43)39(36(40)44)31-17-10-26(11-18-31)21-25-6-13-30(14-7-25)38-34(42)46-23(2)3/h6-19,23-24H,5,20-22H2,1-4H3,(H,37,41)(H,38,42). The highest BCUT2D eigenvalue weighted by Gasteiger charge is 2.47. The number of anilines is 3. The van der Waals surface area contributed by atoms with E-state index < -0.39 is 0 Å². The maximum Gasteiger partial charge on any atom is 0.345 e. The lowest BCUT2D eigenvalue weighted by molar-refractivity contribution is 0.182. The van der Waals surface area contributed by atoms with Crippen LogP contribution in [0.2, 0.25) is 0 Å². The van der Waals surface area contributed by atoms with E-state index in [4.69, 9.17) is 0 Å². The SMILES string of the molecule is CCSC(=O)Nc1ccc(CC2=CC=C(N3C(=O)N(c4ccc(Cc5ccc(NC(=O)SC(C)C)cc5)cc4)C3=O)CC2C)cc1. The largest absolute Gasteiger partial charge is 0.345 e. The molecule has 5 rings (SSSR count). The fourth-order valence-electron chi connectivity index (χ4n) is 5.36. The van der Waals surface area contributed by atoms with Crippen molar-refractivity contribution in [3.63, 3.8) is 0 Å². The fraction of sp³-hybridized carbons (Fsp3) is 0.278. The Bertz CT molecular complexity index is 1650. The Balaban J connectivity index is 1.15. The van der Waals surface area contributed by atoms with Gasteiger partial charge in [-0.3, -0.25) is 9.59 Å². The van der Waals surface area contributed by atoms with Crippen molar-refractivity contribution in [2.24, 2.45) is 5.92 Å². The second-order valence-electron chi connectivity index (χ2n) is 11.6. The third-order valence-electron chi connectivity index (χ3n) is 7.72. The van der Waals surface area contributed by atoms with Gasteiger partial charge in [0.25, 0.3) is 10.5 Å². The van der Waals surface area contributed by atoms with Crippen LogP contribution >= 0.6 is 23.5 Å². The summed E-state index contributed by atoms with van der Waals surface area (Å²) in [5.74, 6) is 0.892. The van der Waals surface area contributed by atoms with Crippen molar-refractivity contribution < 1.29 is 19.2 Å². The molecule has 3 aromatic rings. The van der Waals surface area contributed by atoms with Crippen LogP contribution in [0, 0.1) is 5.92 Å². The number of imide groups is 2. The van der Waals surface area contributed by atoms with E-state index in [0.717, 1.165) is 40.2 Å². The zero-order valence-corrected chi connectivity index (χ0v) is 28.0. The van der Waals surface area contributed by atoms with E-state index in [0.29, 0.717) is 24.2 Å². The fourth-order valence-corrected chi connectivity index (χ4v) is 6.41. The molecule has 0 spiro atoms. The number of amides is 6. The van der Waals surface area contributed by atoms with Gasteiger partial charge < -0.3 is 10.6 Å². The summed E-state index contributed by atoms with van der Waals surface area (Å²) in [5.41, 5.74) is 7.25. The Hall–Kier alpha value is -4.28. The van der Waals surface area contributed by atoms with E-state index in [9.17, 15) is 19.2 Å². The summed E-state index contributed by atoms with van der Waals surface area (Å²) in [6, 6.07) is 22.3. The van der Waals surface area contributed by atoms with Crippen LogP contribution in [0.3, 0.4) is 0 Å². The molecule has 46 heavy (non-hydrogen) atoms. The van der Waals surface area contributed by atoms with Gasteiger partial charge in [0.2, 0.25) is 0 Å². The van der Waals surface area contributed by atoms with Crippen LogP contribution in [0.25, 0.3) is 0 Å². The van der Waals surface area contributed by atoms with Gasteiger partial charge in [-0.1, -0.05) is 99.3 Å². The number of urea groups is 2. The van der Waals surface area contributed by atoms with Crippen LogP contribution in [-0.4, -0.2) is 38.4 Å².